The van der Waals surface area contributed by atoms with E-state index in [0.29, 0.717) is 19.5 Å². The third kappa shape index (κ3) is 5.63. The number of aromatic nitrogens is 3. The first kappa shape index (κ1) is 24.5. The number of rotatable bonds is 8. The summed E-state index contributed by atoms with van der Waals surface area (Å²) in [6.07, 6.45) is 5.78. The number of halogens is 1. The molecule has 7 nitrogen and oxygen atoms in total. The lowest BCUT2D eigenvalue weighted by molar-refractivity contribution is -0.129. The Kier molecular flexibility index (Phi) is 7.27. The van der Waals surface area contributed by atoms with Gasteiger partial charge < -0.3 is 15.0 Å². The van der Waals surface area contributed by atoms with E-state index >= 15 is 0 Å². The number of amides is 1. The Labute approximate surface area is 194 Å². The van der Waals surface area contributed by atoms with Gasteiger partial charge in [0.25, 0.3) is 0 Å². The van der Waals surface area contributed by atoms with Gasteiger partial charge in [-0.05, 0) is 76.4 Å². The summed E-state index contributed by atoms with van der Waals surface area (Å²) in [6, 6.07) is 8.60. The van der Waals surface area contributed by atoms with E-state index in [4.69, 9.17) is 0 Å². The Morgan fingerprint density at radius 1 is 1.24 bits per heavy atom. The molecule has 8 heteroatoms. The number of imidazole rings is 1. The molecule has 0 saturated heterocycles. The molecule has 1 amide bonds. The summed E-state index contributed by atoms with van der Waals surface area (Å²) in [7, 11) is 1.80. The van der Waals surface area contributed by atoms with E-state index in [-0.39, 0.29) is 11.2 Å². The average molecular weight is 454 g/mol. The maximum absolute atomic E-state index is 13.1. The molecule has 1 aliphatic carbocycles. The van der Waals surface area contributed by atoms with Crippen molar-refractivity contribution in [2.24, 2.45) is 0 Å². The first-order valence-electron chi connectivity index (χ1n) is 11.1. The number of benzene rings is 1. The van der Waals surface area contributed by atoms with E-state index in [1.165, 1.54) is 35.4 Å². The first-order valence-corrected chi connectivity index (χ1v) is 11.1. The van der Waals surface area contributed by atoms with Crippen LogP contribution >= 0.6 is 0 Å². The predicted octanol–water partition coefficient (Wildman–Crippen LogP) is 3.54. The zero-order valence-corrected chi connectivity index (χ0v) is 19.9. The highest BCUT2D eigenvalue weighted by Crippen LogP contribution is 2.49. The zero-order valence-electron chi connectivity index (χ0n) is 19.9. The van der Waals surface area contributed by atoms with Crippen LogP contribution in [-0.4, -0.2) is 57.9 Å². The molecule has 1 fully saturated rings. The topological polar surface area (TPSA) is 79.6 Å². The summed E-state index contributed by atoms with van der Waals surface area (Å²) in [5.41, 5.74) is 4.45. The molecule has 1 saturated carbocycles. The fourth-order valence-corrected chi connectivity index (χ4v) is 3.53. The number of hydrogen-bond acceptors (Lipinski definition) is 5. The third-order valence-electron chi connectivity index (χ3n) is 6.09. The van der Waals surface area contributed by atoms with Gasteiger partial charge in [0.1, 0.15) is 12.1 Å². The fourth-order valence-electron chi connectivity index (χ4n) is 3.53. The monoisotopic (exact) mass is 453 g/mol. The molecule has 0 aliphatic heterocycles. The molecule has 1 aliphatic rings. The van der Waals surface area contributed by atoms with Crippen LogP contribution in [0.5, 0.6) is 0 Å². The average Bonchev–Trinajstić information content (AvgIpc) is 3.42. The quantitative estimate of drug-likeness (QED) is 0.528. The number of nitrogens with one attached hydrogen (secondary N) is 1. The SMILES string of the molecule is CNCCN(C=O)C(C)(C)C=O.Cc1cn2nc(-c3ccc(F)cc3)cc(C3(C)CC3)c2n1. The largest absolute Gasteiger partial charge is 0.332 e. The molecule has 0 atom stereocenters. The van der Waals surface area contributed by atoms with Crippen LogP contribution in [-0.2, 0) is 15.0 Å². The molecule has 33 heavy (non-hydrogen) atoms. The Balaban J connectivity index is 0.000000221. The summed E-state index contributed by atoms with van der Waals surface area (Å²) in [5.74, 6) is -0.229. The molecule has 4 rings (SSSR count). The number of fused-ring (bicyclic) bond motifs is 1. The Hall–Kier alpha value is -3.13. The number of likely N-dealkylation sites (N-methyl/N-ethyl adjacent to an activating group) is 1. The minimum Gasteiger partial charge on any atom is -0.332 e. The third-order valence-corrected chi connectivity index (χ3v) is 6.09. The van der Waals surface area contributed by atoms with Crippen molar-refractivity contribution in [2.75, 3.05) is 20.1 Å². The van der Waals surface area contributed by atoms with Gasteiger partial charge in [-0.25, -0.2) is 13.9 Å². The molecule has 0 spiro atoms. The normalized spacial score (nSPS) is 14.4. The van der Waals surface area contributed by atoms with Gasteiger partial charge in [0, 0.05) is 24.2 Å². The second-order valence-corrected chi connectivity index (χ2v) is 9.34. The molecule has 2 aromatic heterocycles. The predicted molar refractivity (Wildman–Crippen MR) is 127 cm³/mol. The summed E-state index contributed by atoms with van der Waals surface area (Å²) in [4.78, 5) is 27.2. The van der Waals surface area contributed by atoms with E-state index in [0.717, 1.165) is 28.9 Å². The lowest BCUT2D eigenvalue weighted by Crippen LogP contribution is -2.46. The van der Waals surface area contributed by atoms with Crippen molar-refractivity contribution >= 4 is 18.3 Å². The molecular weight excluding hydrogens is 421 g/mol. The second-order valence-electron chi connectivity index (χ2n) is 9.34. The van der Waals surface area contributed by atoms with Crippen molar-refractivity contribution in [3.8, 4) is 11.3 Å². The van der Waals surface area contributed by atoms with E-state index in [9.17, 15) is 14.0 Å². The summed E-state index contributed by atoms with van der Waals surface area (Å²) >= 11 is 0. The highest BCUT2D eigenvalue weighted by Gasteiger charge is 2.41. The van der Waals surface area contributed by atoms with Crippen molar-refractivity contribution in [1.29, 1.82) is 0 Å². The highest BCUT2D eigenvalue weighted by atomic mass is 19.1. The number of hydrogen-bond donors (Lipinski definition) is 1. The van der Waals surface area contributed by atoms with Gasteiger partial charge in [-0.15, -0.1) is 0 Å². The maximum atomic E-state index is 13.1. The van der Waals surface area contributed by atoms with Gasteiger partial charge in [0.15, 0.2) is 5.65 Å². The van der Waals surface area contributed by atoms with Gasteiger partial charge >= 0.3 is 0 Å². The Morgan fingerprint density at radius 2 is 1.91 bits per heavy atom. The van der Waals surface area contributed by atoms with Crippen molar-refractivity contribution < 1.29 is 14.0 Å². The fraction of sp³-hybridized carbons (Fsp3) is 0.440. The smallest absolute Gasteiger partial charge is 0.210 e. The Morgan fingerprint density at radius 3 is 2.45 bits per heavy atom. The lowest BCUT2D eigenvalue weighted by atomic mass is 9.98. The van der Waals surface area contributed by atoms with Gasteiger partial charge in [-0.3, -0.25) is 4.79 Å². The highest BCUT2D eigenvalue weighted by molar-refractivity contribution is 5.68. The zero-order chi connectivity index (χ0) is 24.2. The number of carbonyl (C=O) groups is 2. The summed E-state index contributed by atoms with van der Waals surface area (Å²) in [6.45, 7) is 8.90. The molecule has 1 aromatic carbocycles. The first-order chi connectivity index (χ1) is 15.6. The van der Waals surface area contributed by atoms with Gasteiger partial charge in [-0.2, -0.15) is 5.10 Å². The van der Waals surface area contributed by atoms with Gasteiger partial charge in [0.2, 0.25) is 6.41 Å². The van der Waals surface area contributed by atoms with E-state index in [1.807, 2.05) is 17.6 Å². The van der Waals surface area contributed by atoms with Crippen molar-refractivity contribution in [3.05, 3.63) is 53.6 Å². The molecule has 1 N–H and O–H groups in total. The molecule has 0 unspecified atom stereocenters. The second kappa shape index (κ2) is 9.79. The lowest BCUT2D eigenvalue weighted by Gasteiger charge is -2.30. The molecule has 2 heterocycles. The number of nitrogens with zero attached hydrogens (tertiary/aromatic N) is 4. The number of carbonyl (C=O) groups excluding carboxylic acids is 2. The molecular formula is C25H32FN5O2. The standard InChI is InChI=1S/C17H16FN3.C8H16N2O2/c1-11-10-21-16(19-11)14(17(2)7-8-17)9-15(20-21)12-3-5-13(18)6-4-12;1-8(2,6-11)10(7-12)5-4-9-3/h3-6,9-10H,7-8H2,1-2H3;6-7,9H,4-5H2,1-3H3. The number of aldehydes is 1. The van der Waals surface area contributed by atoms with Crippen LogP contribution in [0.25, 0.3) is 16.9 Å². The maximum Gasteiger partial charge on any atom is 0.210 e. The van der Waals surface area contributed by atoms with Crippen LogP contribution in [0.3, 0.4) is 0 Å². The van der Waals surface area contributed by atoms with Crippen LogP contribution in [0.2, 0.25) is 0 Å². The van der Waals surface area contributed by atoms with Crippen LogP contribution < -0.4 is 5.32 Å². The van der Waals surface area contributed by atoms with Crippen molar-refractivity contribution in [3.63, 3.8) is 0 Å². The minimum atomic E-state index is -0.696. The van der Waals surface area contributed by atoms with E-state index in [1.54, 1.807) is 33.0 Å². The minimum absolute atomic E-state index is 0.205. The van der Waals surface area contributed by atoms with Crippen LogP contribution in [0.15, 0.2) is 36.5 Å². The van der Waals surface area contributed by atoms with Crippen molar-refractivity contribution in [1.82, 2.24) is 24.8 Å². The summed E-state index contributed by atoms with van der Waals surface area (Å²) in [5, 5.41) is 7.54. The molecule has 0 radical (unpaired) electrons. The van der Waals surface area contributed by atoms with Crippen LogP contribution in [0, 0.1) is 12.7 Å². The number of aryl methyl sites for hydroxylation is 1. The van der Waals surface area contributed by atoms with Crippen molar-refractivity contribution in [2.45, 2.75) is 51.5 Å². The van der Waals surface area contributed by atoms with E-state index < -0.39 is 5.54 Å². The molecule has 0 bridgehead atoms. The summed E-state index contributed by atoms with van der Waals surface area (Å²) < 4.78 is 15.0. The van der Waals surface area contributed by atoms with Gasteiger partial charge in [-0.1, -0.05) is 6.92 Å². The van der Waals surface area contributed by atoms with E-state index in [2.05, 4.69) is 28.4 Å². The van der Waals surface area contributed by atoms with Crippen LogP contribution in [0.4, 0.5) is 4.39 Å². The van der Waals surface area contributed by atoms with Crippen LogP contribution in [0.1, 0.15) is 44.9 Å². The van der Waals surface area contributed by atoms with Gasteiger partial charge in [0.05, 0.1) is 23.1 Å². The molecule has 3 aromatic rings. The molecule has 176 valence electrons. The Bertz CT molecular complexity index is 1120.